The molecule has 0 unspecified atom stereocenters. The summed E-state index contributed by atoms with van der Waals surface area (Å²) in [4.78, 5) is 21.5. The molecule has 2 aliphatic carbocycles. The summed E-state index contributed by atoms with van der Waals surface area (Å²) >= 11 is 6.10. The van der Waals surface area contributed by atoms with Crippen molar-refractivity contribution >= 4 is 74.1 Å². The van der Waals surface area contributed by atoms with Crippen LogP contribution in [-0.4, -0.2) is 34.7 Å². The summed E-state index contributed by atoms with van der Waals surface area (Å²) in [5.41, 5.74) is 1.00. The van der Waals surface area contributed by atoms with E-state index in [1.807, 2.05) is 11.0 Å². The Kier molecular flexibility index (Phi) is 8.85. The van der Waals surface area contributed by atoms with E-state index in [0.717, 1.165) is 54.2 Å². The second-order valence-corrected chi connectivity index (χ2v) is 11.9. The third-order valence-electron chi connectivity index (χ3n) is 6.26. The Morgan fingerprint density at radius 1 is 1.09 bits per heavy atom. The molecule has 170 valence electrons. The second kappa shape index (κ2) is 11.6. The first kappa shape index (κ1) is 24.4. The zero-order valence-electron chi connectivity index (χ0n) is 18.1. The summed E-state index contributed by atoms with van der Waals surface area (Å²) in [5.74, 6) is 3.44. The zero-order chi connectivity index (χ0) is 22.5. The van der Waals surface area contributed by atoms with Gasteiger partial charge >= 0.3 is 0 Å². The molecule has 3 aliphatic rings. The van der Waals surface area contributed by atoms with Crippen LogP contribution in [0.1, 0.15) is 69.8 Å². The van der Waals surface area contributed by atoms with Gasteiger partial charge in [-0.3, -0.25) is 14.7 Å². The molecule has 1 amide bonds. The van der Waals surface area contributed by atoms with Gasteiger partial charge in [0.2, 0.25) is 0 Å². The van der Waals surface area contributed by atoms with Crippen molar-refractivity contribution in [1.82, 2.24) is 4.90 Å². The molecular weight excluding hydrogens is 646 g/mol. The van der Waals surface area contributed by atoms with E-state index >= 15 is 0 Å². The summed E-state index contributed by atoms with van der Waals surface area (Å²) < 4.78 is 7.68. The predicted molar refractivity (Wildman–Crippen MR) is 150 cm³/mol. The van der Waals surface area contributed by atoms with Crippen molar-refractivity contribution in [2.45, 2.75) is 76.3 Å². The number of amides is 1. The zero-order valence-corrected chi connectivity index (χ0v) is 23.2. The van der Waals surface area contributed by atoms with Crippen LogP contribution in [0.15, 0.2) is 22.0 Å². The minimum atomic E-state index is 0.120. The molecule has 4 rings (SSSR count). The van der Waals surface area contributed by atoms with E-state index in [2.05, 4.69) is 63.2 Å². The van der Waals surface area contributed by atoms with E-state index in [-0.39, 0.29) is 18.6 Å². The molecule has 2 saturated carbocycles. The first-order chi connectivity index (χ1) is 15.6. The van der Waals surface area contributed by atoms with Gasteiger partial charge in [0.15, 0.2) is 5.17 Å². The van der Waals surface area contributed by atoms with Crippen LogP contribution < -0.4 is 4.74 Å². The van der Waals surface area contributed by atoms with Crippen LogP contribution in [0.3, 0.4) is 0 Å². The molecule has 4 nitrogen and oxygen atoms in total. The molecule has 1 aliphatic heterocycles. The summed E-state index contributed by atoms with van der Waals surface area (Å²) in [6, 6.07) is 4.75. The average Bonchev–Trinajstić information content (AvgIpc) is 3.09. The fraction of sp³-hybridized carbons (Fsp3) is 0.520. The van der Waals surface area contributed by atoms with Gasteiger partial charge in [-0.2, -0.15) is 0 Å². The van der Waals surface area contributed by atoms with Gasteiger partial charge in [-0.1, -0.05) is 44.4 Å². The maximum atomic E-state index is 13.5. The number of aliphatic imine (C=N–C) groups is 1. The number of nitrogens with zero attached hydrogens (tertiary/aromatic N) is 2. The third kappa shape index (κ3) is 5.84. The molecule has 32 heavy (non-hydrogen) atoms. The first-order valence-corrected chi connectivity index (χ1v) is 14.4. The first-order valence-electron chi connectivity index (χ1n) is 11.4. The van der Waals surface area contributed by atoms with Crippen molar-refractivity contribution in [3.63, 3.8) is 0 Å². The van der Waals surface area contributed by atoms with Crippen LogP contribution in [-0.2, 0) is 4.79 Å². The summed E-state index contributed by atoms with van der Waals surface area (Å²) in [7, 11) is 0. The molecule has 0 bridgehead atoms. The van der Waals surface area contributed by atoms with Crippen molar-refractivity contribution in [2.75, 3.05) is 6.61 Å². The molecule has 0 spiro atoms. The molecule has 0 atom stereocenters. The Morgan fingerprint density at radius 2 is 1.72 bits per heavy atom. The van der Waals surface area contributed by atoms with Gasteiger partial charge in [0.05, 0.1) is 18.1 Å². The van der Waals surface area contributed by atoms with E-state index in [1.54, 1.807) is 11.8 Å². The molecule has 0 radical (unpaired) electrons. The molecule has 3 fully saturated rings. The Hall–Kier alpha value is -0.730. The fourth-order valence-electron chi connectivity index (χ4n) is 4.67. The highest BCUT2D eigenvalue weighted by Gasteiger charge is 2.39. The minimum Gasteiger partial charge on any atom is -0.479 e. The summed E-state index contributed by atoms with van der Waals surface area (Å²) in [5, 5.41) is 0.929. The number of carbonyl (C=O) groups is 1. The molecule has 1 aromatic carbocycles. The van der Waals surface area contributed by atoms with Gasteiger partial charge in [-0.05, 0) is 106 Å². The normalized spacial score (nSPS) is 23.2. The third-order valence-corrected chi connectivity index (χ3v) is 8.86. The van der Waals surface area contributed by atoms with Gasteiger partial charge in [-0.15, -0.1) is 6.42 Å². The van der Waals surface area contributed by atoms with E-state index in [9.17, 15) is 4.79 Å². The predicted octanol–water partition coefficient (Wildman–Crippen LogP) is 6.85. The Balaban J connectivity index is 1.62. The highest BCUT2D eigenvalue weighted by molar-refractivity contribution is 14.1. The van der Waals surface area contributed by atoms with Crippen LogP contribution in [0, 0.1) is 19.5 Å². The molecular formula is C25H28I2N2O2S. The largest absolute Gasteiger partial charge is 0.479 e. The number of thioether (sulfide) groups is 1. The smallest absolute Gasteiger partial charge is 0.266 e. The Morgan fingerprint density at radius 3 is 2.34 bits per heavy atom. The molecule has 0 aromatic heterocycles. The summed E-state index contributed by atoms with van der Waals surface area (Å²) in [6.07, 6.45) is 19.3. The lowest BCUT2D eigenvalue weighted by Crippen LogP contribution is -2.41. The molecule has 7 heteroatoms. The molecule has 0 N–H and O–H groups in total. The van der Waals surface area contributed by atoms with Crippen molar-refractivity contribution < 1.29 is 9.53 Å². The maximum absolute atomic E-state index is 13.5. The van der Waals surface area contributed by atoms with Gasteiger partial charge in [0.25, 0.3) is 5.91 Å². The Labute approximate surface area is 222 Å². The SMILES string of the molecule is C#CCOc1c(I)cc(C=C2SC(=NC3CCCCC3)N(C3CCCCC3)C2=O)cc1I. The van der Waals surface area contributed by atoms with Crippen molar-refractivity contribution in [3.8, 4) is 18.1 Å². The number of terminal acetylenes is 1. The highest BCUT2D eigenvalue weighted by Crippen LogP contribution is 2.39. The van der Waals surface area contributed by atoms with Crippen LogP contribution in [0.4, 0.5) is 0 Å². The van der Waals surface area contributed by atoms with Crippen LogP contribution in [0.25, 0.3) is 6.08 Å². The fourth-order valence-corrected chi connectivity index (χ4v) is 7.91. The van der Waals surface area contributed by atoms with Gasteiger partial charge in [0.1, 0.15) is 12.4 Å². The van der Waals surface area contributed by atoms with Gasteiger partial charge in [0, 0.05) is 6.04 Å². The lowest BCUT2D eigenvalue weighted by Gasteiger charge is -2.31. The number of rotatable bonds is 5. The van der Waals surface area contributed by atoms with E-state index in [4.69, 9.17) is 16.2 Å². The molecule has 1 aromatic rings. The number of hydrogen-bond donors (Lipinski definition) is 0. The number of halogens is 2. The Bertz CT molecular complexity index is 934. The van der Waals surface area contributed by atoms with Crippen LogP contribution >= 0.6 is 56.9 Å². The molecule has 1 heterocycles. The lowest BCUT2D eigenvalue weighted by molar-refractivity contribution is -0.124. The van der Waals surface area contributed by atoms with Gasteiger partial charge in [-0.25, -0.2) is 0 Å². The lowest BCUT2D eigenvalue weighted by atomic mass is 9.94. The summed E-state index contributed by atoms with van der Waals surface area (Å²) in [6.45, 7) is 0.248. The topological polar surface area (TPSA) is 41.9 Å². The van der Waals surface area contributed by atoms with Crippen molar-refractivity contribution in [1.29, 1.82) is 0 Å². The second-order valence-electron chi connectivity index (χ2n) is 8.59. The average molecular weight is 674 g/mol. The number of hydrogen-bond acceptors (Lipinski definition) is 4. The number of amidine groups is 1. The van der Waals surface area contributed by atoms with E-state index in [0.29, 0.717) is 6.04 Å². The van der Waals surface area contributed by atoms with Crippen molar-refractivity contribution in [2.24, 2.45) is 4.99 Å². The quantitative estimate of drug-likeness (QED) is 0.195. The van der Waals surface area contributed by atoms with Crippen molar-refractivity contribution in [3.05, 3.63) is 29.7 Å². The minimum absolute atomic E-state index is 0.120. The number of carbonyl (C=O) groups excluding carboxylic acids is 1. The van der Waals surface area contributed by atoms with E-state index in [1.165, 1.54) is 38.5 Å². The monoisotopic (exact) mass is 674 g/mol. The van der Waals surface area contributed by atoms with Crippen LogP contribution in [0.5, 0.6) is 5.75 Å². The standard InChI is InChI=1S/C25H28I2N2O2S/c1-2-13-31-23-20(26)14-17(15-21(23)27)16-22-24(30)29(19-11-7-4-8-12-19)25(32-22)28-18-9-5-3-6-10-18/h1,14-16,18-19H,3-13H2. The number of benzene rings is 1. The number of ether oxygens (including phenoxy) is 1. The maximum Gasteiger partial charge on any atom is 0.266 e. The van der Waals surface area contributed by atoms with Gasteiger partial charge < -0.3 is 4.74 Å². The molecule has 1 saturated heterocycles. The van der Waals surface area contributed by atoms with E-state index < -0.39 is 0 Å². The highest BCUT2D eigenvalue weighted by atomic mass is 127. The van der Waals surface area contributed by atoms with Crippen LogP contribution in [0.2, 0.25) is 0 Å².